The molecule has 0 aromatic heterocycles. The van der Waals surface area contributed by atoms with E-state index in [0.29, 0.717) is 19.7 Å². The zero-order valence-corrected chi connectivity index (χ0v) is 9.24. The van der Waals surface area contributed by atoms with Crippen LogP contribution in [0.3, 0.4) is 0 Å². The maximum absolute atomic E-state index is 11.4. The van der Waals surface area contributed by atoms with E-state index in [1.54, 1.807) is 0 Å². The van der Waals surface area contributed by atoms with E-state index < -0.39 is 0 Å². The van der Waals surface area contributed by atoms with Gasteiger partial charge in [0.15, 0.2) is 0 Å². The molecular weight excluding hydrogens is 196 g/mol. The fourth-order valence-electron chi connectivity index (χ4n) is 1.56. The Morgan fingerprint density at radius 2 is 2.47 bits per heavy atom. The van der Waals surface area contributed by atoms with Crippen LogP contribution in [0.2, 0.25) is 0 Å². The first-order chi connectivity index (χ1) is 7.26. The molecule has 1 rings (SSSR count). The Hall–Kier alpha value is -0.650. The number of morpholine rings is 1. The highest BCUT2D eigenvalue weighted by Crippen LogP contribution is 2.03. The fourth-order valence-corrected chi connectivity index (χ4v) is 1.56. The van der Waals surface area contributed by atoms with Crippen molar-refractivity contribution in [3.63, 3.8) is 0 Å². The SMILES string of the molecule is CCCNC(=O)CN1CCOC(CO)C1. The van der Waals surface area contributed by atoms with Crippen LogP contribution in [0, 0.1) is 0 Å². The molecular formula is C10H20N2O3. The Morgan fingerprint density at radius 1 is 1.67 bits per heavy atom. The first kappa shape index (κ1) is 12.4. The summed E-state index contributed by atoms with van der Waals surface area (Å²) < 4.78 is 5.30. The molecule has 5 heteroatoms. The number of hydrogen-bond acceptors (Lipinski definition) is 4. The number of carbonyl (C=O) groups is 1. The van der Waals surface area contributed by atoms with E-state index in [-0.39, 0.29) is 18.6 Å². The highest BCUT2D eigenvalue weighted by atomic mass is 16.5. The van der Waals surface area contributed by atoms with Gasteiger partial charge in [-0.25, -0.2) is 0 Å². The first-order valence-corrected chi connectivity index (χ1v) is 5.47. The summed E-state index contributed by atoms with van der Waals surface area (Å²) >= 11 is 0. The largest absolute Gasteiger partial charge is 0.394 e. The van der Waals surface area contributed by atoms with Crippen molar-refractivity contribution in [2.75, 3.05) is 39.4 Å². The van der Waals surface area contributed by atoms with Crippen LogP contribution in [-0.4, -0.2) is 61.4 Å². The van der Waals surface area contributed by atoms with Gasteiger partial charge in [0.25, 0.3) is 0 Å². The predicted octanol–water partition coefficient (Wildman–Crippen LogP) is -0.794. The third-order valence-corrected chi connectivity index (χ3v) is 2.37. The summed E-state index contributed by atoms with van der Waals surface area (Å²) in [6, 6.07) is 0. The lowest BCUT2D eigenvalue weighted by molar-refractivity contribution is -0.124. The van der Waals surface area contributed by atoms with Crippen molar-refractivity contribution in [3.05, 3.63) is 0 Å². The molecule has 0 aromatic rings. The van der Waals surface area contributed by atoms with Crippen molar-refractivity contribution in [1.29, 1.82) is 0 Å². The van der Waals surface area contributed by atoms with Gasteiger partial charge >= 0.3 is 0 Å². The Kier molecular flexibility index (Phi) is 5.60. The summed E-state index contributed by atoms with van der Waals surface area (Å²) in [5.74, 6) is 0.0513. The molecule has 5 nitrogen and oxygen atoms in total. The van der Waals surface area contributed by atoms with Crippen LogP contribution in [0.25, 0.3) is 0 Å². The average molecular weight is 216 g/mol. The van der Waals surface area contributed by atoms with Gasteiger partial charge < -0.3 is 15.2 Å². The van der Waals surface area contributed by atoms with Crippen LogP contribution in [0.15, 0.2) is 0 Å². The Labute approximate surface area is 90.4 Å². The second kappa shape index (κ2) is 6.76. The monoisotopic (exact) mass is 216 g/mol. The Bertz CT molecular complexity index is 199. The fraction of sp³-hybridized carbons (Fsp3) is 0.900. The number of carbonyl (C=O) groups excluding carboxylic acids is 1. The van der Waals surface area contributed by atoms with Crippen molar-refractivity contribution in [1.82, 2.24) is 10.2 Å². The third kappa shape index (κ3) is 4.59. The number of aliphatic hydroxyl groups is 1. The molecule has 1 aliphatic heterocycles. The highest BCUT2D eigenvalue weighted by molar-refractivity contribution is 5.77. The minimum atomic E-state index is -0.141. The summed E-state index contributed by atoms with van der Waals surface area (Å²) in [5.41, 5.74) is 0. The van der Waals surface area contributed by atoms with Crippen molar-refractivity contribution in [2.24, 2.45) is 0 Å². The van der Waals surface area contributed by atoms with Gasteiger partial charge in [0.1, 0.15) is 0 Å². The van der Waals surface area contributed by atoms with Gasteiger partial charge in [-0.1, -0.05) is 6.92 Å². The van der Waals surface area contributed by atoms with E-state index in [1.165, 1.54) is 0 Å². The van der Waals surface area contributed by atoms with Gasteiger partial charge in [0, 0.05) is 19.6 Å². The van der Waals surface area contributed by atoms with Crippen molar-refractivity contribution >= 4 is 5.91 Å². The number of aliphatic hydroxyl groups excluding tert-OH is 1. The predicted molar refractivity (Wildman–Crippen MR) is 56.6 cm³/mol. The summed E-state index contributed by atoms with van der Waals surface area (Å²) in [6.07, 6.45) is 0.812. The van der Waals surface area contributed by atoms with Gasteiger partial charge in [-0.05, 0) is 6.42 Å². The molecule has 88 valence electrons. The molecule has 1 heterocycles. The van der Waals surface area contributed by atoms with Crippen molar-refractivity contribution in [3.8, 4) is 0 Å². The van der Waals surface area contributed by atoms with Crippen LogP contribution in [-0.2, 0) is 9.53 Å². The minimum absolute atomic E-state index is 0.0209. The molecule has 1 amide bonds. The topological polar surface area (TPSA) is 61.8 Å². The Morgan fingerprint density at radius 3 is 3.13 bits per heavy atom. The van der Waals surface area contributed by atoms with Gasteiger partial charge in [-0.2, -0.15) is 0 Å². The highest BCUT2D eigenvalue weighted by Gasteiger charge is 2.20. The minimum Gasteiger partial charge on any atom is -0.394 e. The lowest BCUT2D eigenvalue weighted by Gasteiger charge is -2.31. The lowest BCUT2D eigenvalue weighted by Crippen LogP contribution is -2.48. The van der Waals surface area contributed by atoms with E-state index in [1.807, 2.05) is 11.8 Å². The smallest absolute Gasteiger partial charge is 0.234 e. The number of rotatable bonds is 5. The lowest BCUT2D eigenvalue weighted by atomic mass is 10.3. The summed E-state index contributed by atoms with van der Waals surface area (Å²) in [6.45, 7) is 5.16. The van der Waals surface area contributed by atoms with E-state index >= 15 is 0 Å². The normalized spacial score (nSPS) is 22.7. The molecule has 0 aliphatic carbocycles. The zero-order chi connectivity index (χ0) is 11.1. The Balaban J connectivity index is 2.22. The van der Waals surface area contributed by atoms with Crippen LogP contribution in [0.4, 0.5) is 0 Å². The molecule has 1 unspecified atom stereocenters. The maximum atomic E-state index is 11.4. The number of ether oxygens (including phenoxy) is 1. The number of nitrogens with one attached hydrogen (secondary N) is 1. The molecule has 0 aromatic carbocycles. The molecule has 1 aliphatic rings. The molecule has 2 N–H and O–H groups in total. The van der Waals surface area contributed by atoms with Gasteiger partial charge in [-0.3, -0.25) is 9.69 Å². The third-order valence-electron chi connectivity index (χ3n) is 2.37. The molecule has 1 fully saturated rings. The average Bonchev–Trinajstić information content (AvgIpc) is 2.26. The molecule has 1 saturated heterocycles. The van der Waals surface area contributed by atoms with Crippen molar-refractivity contribution < 1.29 is 14.6 Å². The summed E-state index contributed by atoms with van der Waals surface area (Å²) in [7, 11) is 0. The van der Waals surface area contributed by atoms with E-state index in [0.717, 1.165) is 19.5 Å². The molecule has 0 spiro atoms. The molecule has 0 saturated carbocycles. The molecule has 15 heavy (non-hydrogen) atoms. The molecule has 0 bridgehead atoms. The van der Waals surface area contributed by atoms with E-state index in [9.17, 15) is 4.79 Å². The summed E-state index contributed by atoms with van der Waals surface area (Å²) in [5, 5.41) is 11.8. The van der Waals surface area contributed by atoms with Crippen LogP contribution >= 0.6 is 0 Å². The van der Waals surface area contributed by atoms with Crippen LogP contribution < -0.4 is 5.32 Å². The van der Waals surface area contributed by atoms with E-state index in [4.69, 9.17) is 9.84 Å². The second-order valence-electron chi connectivity index (χ2n) is 3.76. The van der Waals surface area contributed by atoms with Crippen LogP contribution in [0.1, 0.15) is 13.3 Å². The van der Waals surface area contributed by atoms with Gasteiger partial charge in [-0.15, -0.1) is 0 Å². The molecule has 1 atom stereocenters. The number of nitrogens with zero attached hydrogens (tertiary/aromatic N) is 1. The molecule has 0 radical (unpaired) electrons. The zero-order valence-electron chi connectivity index (χ0n) is 9.24. The van der Waals surface area contributed by atoms with Gasteiger partial charge in [0.05, 0.1) is 25.9 Å². The van der Waals surface area contributed by atoms with E-state index in [2.05, 4.69) is 5.32 Å². The quantitative estimate of drug-likeness (QED) is 0.632. The number of amides is 1. The standard InChI is InChI=1S/C10H20N2O3/c1-2-3-11-10(14)7-12-4-5-15-9(6-12)8-13/h9,13H,2-8H2,1H3,(H,11,14). The van der Waals surface area contributed by atoms with Crippen LogP contribution in [0.5, 0.6) is 0 Å². The van der Waals surface area contributed by atoms with Gasteiger partial charge in [0.2, 0.25) is 5.91 Å². The number of hydrogen-bond donors (Lipinski definition) is 2. The summed E-state index contributed by atoms with van der Waals surface area (Å²) in [4.78, 5) is 13.4. The first-order valence-electron chi connectivity index (χ1n) is 5.47. The van der Waals surface area contributed by atoms with Crippen molar-refractivity contribution in [2.45, 2.75) is 19.4 Å². The second-order valence-corrected chi connectivity index (χ2v) is 3.76. The maximum Gasteiger partial charge on any atom is 0.234 e.